The molecule has 0 bridgehead atoms. The first kappa shape index (κ1) is 21.5. The van der Waals surface area contributed by atoms with Crippen LogP contribution in [0.4, 0.5) is 5.69 Å². The van der Waals surface area contributed by atoms with Crippen LogP contribution in [0, 0.1) is 0 Å². The van der Waals surface area contributed by atoms with E-state index in [0.717, 1.165) is 51.0 Å². The second-order valence-electron chi connectivity index (χ2n) is 8.78. The first-order valence-electron chi connectivity index (χ1n) is 11.2. The fraction of sp³-hybridized carbons (Fsp3) is 0.440. The molecule has 31 heavy (non-hydrogen) atoms. The van der Waals surface area contributed by atoms with Crippen LogP contribution in [0.5, 0.6) is 0 Å². The molecule has 2 aromatic rings. The number of hydrogen-bond donors (Lipinski definition) is 2. The van der Waals surface area contributed by atoms with Crippen LogP contribution in [0.3, 0.4) is 0 Å². The van der Waals surface area contributed by atoms with E-state index in [1.165, 1.54) is 18.1 Å². The Labute approximate surface area is 184 Å². The van der Waals surface area contributed by atoms with Crippen LogP contribution in [0.2, 0.25) is 0 Å². The number of hydrogen-bond acceptors (Lipinski definition) is 4. The van der Waals surface area contributed by atoms with E-state index in [0.29, 0.717) is 23.8 Å². The van der Waals surface area contributed by atoms with Crippen molar-refractivity contribution in [3.8, 4) is 0 Å². The Balaban J connectivity index is 1.47. The maximum Gasteiger partial charge on any atom is 0.254 e. The number of rotatable bonds is 5. The zero-order chi connectivity index (χ0) is 21.8. The van der Waals surface area contributed by atoms with E-state index in [4.69, 9.17) is 0 Å². The molecular formula is C25H32N4O2. The van der Waals surface area contributed by atoms with Gasteiger partial charge in [0, 0.05) is 56.9 Å². The van der Waals surface area contributed by atoms with Gasteiger partial charge in [0.1, 0.15) is 0 Å². The molecule has 1 fully saturated rings. The Hall–Kier alpha value is -2.70. The molecule has 2 amide bonds. The predicted molar refractivity (Wildman–Crippen MR) is 123 cm³/mol. The van der Waals surface area contributed by atoms with E-state index in [-0.39, 0.29) is 11.8 Å². The van der Waals surface area contributed by atoms with Crippen molar-refractivity contribution < 1.29 is 9.59 Å². The third kappa shape index (κ3) is 5.51. The summed E-state index contributed by atoms with van der Waals surface area (Å²) < 4.78 is 0. The molecule has 2 aliphatic rings. The maximum absolute atomic E-state index is 13.1. The number of aryl methyl sites for hydroxylation is 1. The Kier molecular flexibility index (Phi) is 6.68. The topological polar surface area (TPSA) is 64.7 Å². The Morgan fingerprint density at radius 1 is 1.03 bits per heavy atom. The van der Waals surface area contributed by atoms with Gasteiger partial charge in [-0.1, -0.05) is 24.3 Å². The van der Waals surface area contributed by atoms with Crippen LogP contribution < -0.4 is 10.6 Å². The Morgan fingerprint density at radius 2 is 1.77 bits per heavy atom. The largest absolute Gasteiger partial charge is 0.336 e. The van der Waals surface area contributed by atoms with E-state index in [9.17, 15) is 9.59 Å². The number of carbonyl (C=O) groups excluding carboxylic acids is 2. The summed E-state index contributed by atoms with van der Waals surface area (Å²) in [5, 5.41) is 6.52. The fourth-order valence-corrected chi connectivity index (χ4v) is 4.52. The highest BCUT2D eigenvalue weighted by Gasteiger charge is 2.22. The standard InChI is InChI=1S/C25H32N4O2/c1-18(30)27-24-14-19(13-22(16-24)25(31)29-11-9-28(2)10-12-29)17-26-23-8-7-20-5-3-4-6-21(20)15-23/h3-6,13-14,16,23,26H,7-12,15,17H2,1-2H3,(H,27,30). The van der Waals surface area contributed by atoms with Gasteiger partial charge < -0.3 is 20.4 Å². The minimum atomic E-state index is -0.132. The molecule has 6 nitrogen and oxygen atoms in total. The summed E-state index contributed by atoms with van der Waals surface area (Å²) in [6.07, 6.45) is 3.22. The van der Waals surface area contributed by atoms with Crippen molar-refractivity contribution in [2.75, 3.05) is 38.5 Å². The first-order valence-corrected chi connectivity index (χ1v) is 11.2. The third-order valence-electron chi connectivity index (χ3n) is 6.29. The number of likely N-dealkylation sites (N-methyl/N-ethyl adjacent to an activating group) is 1. The first-order chi connectivity index (χ1) is 15.0. The SMILES string of the molecule is CC(=O)Nc1cc(CNC2CCc3ccccc3C2)cc(C(=O)N2CCN(C)CC2)c1. The summed E-state index contributed by atoms with van der Waals surface area (Å²) in [5.41, 5.74) is 5.21. The zero-order valence-electron chi connectivity index (χ0n) is 18.5. The summed E-state index contributed by atoms with van der Waals surface area (Å²) >= 11 is 0. The Bertz CT molecular complexity index is 950. The minimum Gasteiger partial charge on any atom is -0.336 e. The molecule has 0 saturated carbocycles. The summed E-state index contributed by atoms with van der Waals surface area (Å²) in [7, 11) is 2.08. The molecule has 2 aromatic carbocycles. The summed E-state index contributed by atoms with van der Waals surface area (Å²) in [4.78, 5) is 28.9. The molecule has 1 unspecified atom stereocenters. The highest BCUT2D eigenvalue weighted by molar-refractivity contribution is 5.97. The number of benzene rings is 2. The molecule has 1 aliphatic heterocycles. The van der Waals surface area contributed by atoms with Crippen molar-refractivity contribution in [2.24, 2.45) is 0 Å². The van der Waals surface area contributed by atoms with Crippen molar-refractivity contribution in [3.63, 3.8) is 0 Å². The molecule has 0 radical (unpaired) electrons. The van der Waals surface area contributed by atoms with Crippen LogP contribution in [0.15, 0.2) is 42.5 Å². The van der Waals surface area contributed by atoms with Gasteiger partial charge in [-0.2, -0.15) is 0 Å². The molecule has 0 aromatic heterocycles. The summed E-state index contributed by atoms with van der Waals surface area (Å²) in [6.45, 7) is 5.39. The number of piperazine rings is 1. The number of nitrogens with one attached hydrogen (secondary N) is 2. The van der Waals surface area contributed by atoms with Crippen molar-refractivity contribution in [2.45, 2.75) is 38.8 Å². The number of carbonyl (C=O) groups is 2. The molecule has 1 saturated heterocycles. The van der Waals surface area contributed by atoms with E-state index in [1.807, 2.05) is 17.0 Å². The average Bonchev–Trinajstić information content (AvgIpc) is 2.77. The molecule has 4 rings (SSSR count). The normalized spacial score (nSPS) is 19.0. The van der Waals surface area contributed by atoms with Gasteiger partial charge >= 0.3 is 0 Å². The van der Waals surface area contributed by atoms with Gasteiger partial charge in [0.15, 0.2) is 0 Å². The summed E-state index contributed by atoms with van der Waals surface area (Å²) in [5.74, 6) is -0.0971. The quantitative estimate of drug-likeness (QED) is 0.781. The lowest BCUT2D eigenvalue weighted by Crippen LogP contribution is -2.47. The average molecular weight is 421 g/mol. The number of amides is 2. The molecular weight excluding hydrogens is 388 g/mol. The molecule has 0 spiro atoms. The van der Waals surface area contributed by atoms with Crippen molar-refractivity contribution in [1.82, 2.24) is 15.1 Å². The van der Waals surface area contributed by atoms with Gasteiger partial charge in [-0.3, -0.25) is 9.59 Å². The van der Waals surface area contributed by atoms with Crippen LogP contribution >= 0.6 is 0 Å². The van der Waals surface area contributed by atoms with Crippen molar-refractivity contribution in [1.29, 1.82) is 0 Å². The molecule has 1 aliphatic carbocycles. The van der Waals surface area contributed by atoms with E-state index < -0.39 is 0 Å². The lowest BCUT2D eigenvalue weighted by molar-refractivity contribution is -0.114. The third-order valence-corrected chi connectivity index (χ3v) is 6.29. The maximum atomic E-state index is 13.1. The molecule has 6 heteroatoms. The monoisotopic (exact) mass is 420 g/mol. The lowest BCUT2D eigenvalue weighted by Gasteiger charge is -2.32. The van der Waals surface area contributed by atoms with E-state index >= 15 is 0 Å². The van der Waals surface area contributed by atoms with Crippen molar-refractivity contribution >= 4 is 17.5 Å². The molecule has 2 N–H and O–H groups in total. The van der Waals surface area contributed by atoms with Gasteiger partial charge in [0.2, 0.25) is 5.91 Å². The number of fused-ring (bicyclic) bond motifs is 1. The highest BCUT2D eigenvalue weighted by atomic mass is 16.2. The van der Waals surface area contributed by atoms with Crippen LogP contribution in [-0.2, 0) is 24.2 Å². The second kappa shape index (κ2) is 9.62. The number of anilines is 1. The van der Waals surface area contributed by atoms with E-state index in [2.05, 4.69) is 46.8 Å². The van der Waals surface area contributed by atoms with Gasteiger partial charge in [0.05, 0.1) is 0 Å². The van der Waals surface area contributed by atoms with Crippen LogP contribution in [-0.4, -0.2) is 60.9 Å². The van der Waals surface area contributed by atoms with E-state index in [1.54, 1.807) is 6.07 Å². The zero-order valence-corrected chi connectivity index (χ0v) is 18.5. The van der Waals surface area contributed by atoms with Crippen LogP contribution in [0.1, 0.15) is 40.4 Å². The van der Waals surface area contributed by atoms with Gasteiger partial charge in [0.25, 0.3) is 5.91 Å². The minimum absolute atomic E-state index is 0.0353. The van der Waals surface area contributed by atoms with Crippen molar-refractivity contribution in [3.05, 3.63) is 64.7 Å². The summed E-state index contributed by atoms with van der Waals surface area (Å²) in [6, 6.07) is 14.8. The second-order valence-corrected chi connectivity index (χ2v) is 8.78. The van der Waals surface area contributed by atoms with Gasteiger partial charge in [-0.15, -0.1) is 0 Å². The lowest BCUT2D eigenvalue weighted by atomic mass is 9.88. The van der Waals surface area contributed by atoms with Gasteiger partial charge in [-0.05, 0) is 61.2 Å². The molecule has 1 heterocycles. The fourth-order valence-electron chi connectivity index (χ4n) is 4.52. The molecule has 164 valence electrons. The number of nitrogens with zero attached hydrogens (tertiary/aromatic N) is 2. The predicted octanol–water partition coefficient (Wildman–Crippen LogP) is 2.68. The smallest absolute Gasteiger partial charge is 0.254 e. The molecule has 1 atom stereocenters. The van der Waals surface area contributed by atoms with Crippen LogP contribution in [0.25, 0.3) is 0 Å². The highest BCUT2D eigenvalue weighted by Crippen LogP contribution is 2.22. The van der Waals surface area contributed by atoms with Gasteiger partial charge in [-0.25, -0.2) is 0 Å². The Morgan fingerprint density at radius 3 is 2.52 bits per heavy atom.